The maximum atomic E-state index is 12.2. The number of carbonyl (C=O) groups excluding carboxylic acids is 1. The number of rotatable bonds is 5. The molecule has 0 aliphatic carbocycles. The zero-order valence-electron chi connectivity index (χ0n) is 12.6. The molecule has 2 amide bonds. The highest BCUT2D eigenvalue weighted by Crippen LogP contribution is 2.21. The van der Waals surface area contributed by atoms with Crippen LogP contribution in [0.4, 0.5) is 4.79 Å². The predicted octanol–water partition coefficient (Wildman–Crippen LogP) is 3.87. The van der Waals surface area contributed by atoms with Gasteiger partial charge < -0.3 is 15.1 Å². The lowest BCUT2D eigenvalue weighted by molar-refractivity contribution is 0.237. The molecule has 4 nitrogen and oxygen atoms in total. The van der Waals surface area contributed by atoms with Gasteiger partial charge in [0.15, 0.2) is 0 Å². The van der Waals surface area contributed by atoms with Crippen LogP contribution in [0.2, 0.25) is 0 Å². The van der Waals surface area contributed by atoms with Crippen LogP contribution >= 0.6 is 0 Å². The highest BCUT2D eigenvalue weighted by molar-refractivity contribution is 5.75. The number of hydrogen-bond donors (Lipinski definition) is 2. The zero-order chi connectivity index (χ0) is 15.9. The molecule has 0 aliphatic heterocycles. The first-order valence-corrected chi connectivity index (χ1v) is 7.49. The largest absolute Gasteiger partial charge is 0.467 e. The second kappa shape index (κ2) is 7.31. The third-order valence-corrected chi connectivity index (χ3v) is 3.54. The SMILES string of the molecule is O=C(NCc1ccco1)NC(c1ccccc1)c1ccccc1. The molecule has 0 radical (unpaired) electrons. The van der Waals surface area contributed by atoms with E-state index in [0.717, 1.165) is 16.9 Å². The lowest BCUT2D eigenvalue weighted by Crippen LogP contribution is -2.38. The van der Waals surface area contributed by atoms with E-state index in [1.807, 2.05) is 66.7 Å². The smallest absolute Gasteiger partial charge is 0.315 e. The Hall–Kier alpha value is -3.01. The van der Waals surface area contributed by atoms with Crippen LogP contribution in [0.1, 0.15) is 22.9 Å². The van der Waals surface area contributed by atoms with Crippen molar-refractivity contribution in [2.24, 2.45) is 0 Å². The molecule has 2 N–H and O–H groups in total. The van der Waals surface area contributed by atoms with Crippen molar-refractivity contribution in [3.8, 4) is 0 Å². The maximum absolute atomic E-state index is 12.2. The fourth-order valence-electron chi connectivity index (χ4n) is 2.41. The summed E-state index contributed by atoms with van der Waals surface area (Å²) < 4.78 is 5.22. The Labute approximate surface area is 135 Å². The van der Waals surface area contributed by atoms with Crippen LogP contribution in [-0.2, 0) is 6.54 Å². The Kier molecular flexibility index (Phi) is 4.74. The van der Waals surface area contributed by atoms with Crippen molar-refractivity contribution in [3.05, 3.63) is 95.9 Å². The molecule has 0 saturated heterocycles. The average molecular weight is 306 g/mol. The van der Waals surface area contributed by atoms with Crippen molar-refractivity contribution in [1.29, 1.82) is 0 Å². The molecule has 1 heterocycles. The van der Waals surface area contributed by atoms with Crippen LogP contribution in [0, 0.1) is 0 Å². The summed E-state index contributed by atoms with van der Waals surface area (Å²) in [5.41, 5.74) is 2.07. The van der Waals surface area contributed by atoms with Gasteiger partial charge in [-0.05, 0) is 23.3 Å². The molecule has 0 atom stereocenters. The number of hydrogen-bond acceptors (Lipinski definition) is 2. The number of carbonyl (C=O) groups is 1. The van der Waals surface area contributed by atoms with Crippen LogP contribution in [0.25, 0.3) is 0 Å². The molecule has 0 spiro atoms. The van der Waals surface area contributed by atoms with Gasteiger partial charge in [0.05, 0.1) is 18.8 Å². The first kappa shape index (κ1) is 14.9. The fourth-order valence-corrected chi connectivity index (χ4v) is 2.41. The summed E-state index contributed by atoms with van der Waals surface area (Å²) in [6.45, 7) is 0.356. The standard InChI is InChI=1S/C19H18N2O2/c22-19(20-14-17-12-7-13-23-17)21-18(15-8-3-1-4-9-15)16-10-5-2-6-11-16/h1-13,18H,14H2,(H2,20,21,22). The van der Waals surface area contributed by atoms with E-state index < -0.39 is 0 Å². The van der Waals surface area contributed by atoms with E-state index in [0.29, 0.717) is 6.54 Å². The predicted molar refractivity (Wildman–Crippen MR) is 88.8 cm³/mol. The molecule has 0 bridgehead atoms. The summed E-state index contributed by atoms with van der Waals surface area (Å²) >= 11 is 0. The molecule has 4 heteroatoms. The topological polar surface area (TPSA) is 54.3 Å². The molecular weight excluding hydrogens is 288 g/mol. The lowest BCUT2D eigenvalue weighted by atomic mass is 9.99. The quantitative estimate of drug-likeness (QED) is 0.752. The molecule has 3 aromatic rings. The molecule has 1 aromatic heterocycles. The Morgan fingerprint density at radius 3 is 2.00 bits per heavy atom. The minimum absolute atomic E-state index is 0.200. The van der Waals surface area contributed by atoms with Gasteiger partial charge in [0.2, 0.25) is 0 Å². The Balaban J connectivity index is 1.72. The van der Waals surface area contributed by atoms with Crippen molar-refractivity contribution >= 4 is 6.03 Å². The molecule has 3 rings (SSSR count). The average Bonchev–Trinajstić information content (AvgIpc) is 3.13. The van der Waals surface area contributed by atoms with Crippen molar-refractivity contribution in [2.75, 3.05) is 0 Å². The van der Waals surface area contributed by atoms with Crippen LogP contribution in [-0.4, -0.2) is 6.03 Å². The monoisotopic (exact) mass is 306 g/mol. The van der Waals surface area contributed by atoms with E-state index in [4.69, 9.17) is 4.42 Å². The van der Waals surface area contributed by atoms with Crippen molar-refractivity contribution in [2.45, 2.75) is 12.6 Å². The summed E-state index contributed by atoms with van der Waals surface area (Å²) in [7, 11) is 0. The first-order valence-electron chi connectivity index (χ1n) is 7.49. The lowest BCUT2D eigenvalue weighted by Gasteiger charge is -2.20. The molecule has 0 unspecified atom stereocenters. The molecule has 23 heavy (non-hydrogen) atoms. The van der Waals surface area contributed by atoms with Crippen LogP contribution in [0.5, 0.6) is 0 Å². The van der Waals surface area contributed by atoms with Gasteiger partial charge in [-0.3, -0.25) is 0 Å². The third kappa shape index (κ3) is 4.01. The van der Waals surface area contributed by atoms with Crippen molar-refractivity contribution in [3.63, 3.8) is 0 Å². The maximum Gasteiger partial charge on any atom is 0.315 e. The second-order valence-corrected chi connectivity index (χ2v) is 5.16. The Bertz CT molecular complexity index is 685. The van der Waals surface area contributed by atoms with E-state index in [2.05, 4.69) is 10.6 Å². The van der Waals surface area contributed by atoms with Gasteiger partial charge in [0.25, 0.3) is 0 Å². The minimum atomic E-state index is -0.237. The van der Waals surface area contributed by atoms with E-state index >= 15 is 0 Å². The van der Waals surface area contributed by atoms with E-state index in [1.54, 1.807) is 12.3 Å². The van der Waals surface area contributed by atoms with Crippen LogP contribution in [0.3, 0.4) is 0 Å². The Morgan fingerprint density at radius 2 is 1.48 bits per heavy atom. The molecule has 116 valence electrons. The zero-order valence-corrected chi connectivity index (χ0v) is 12.6. The normalized spacial score (nSPS) is 10.5. The number of furan rings is 1. The molecule has 0 fully saturated rings. The number of urea groups is 1. The van der Waals surface area contributed by atoms with Crippen molar-refractivity contribution in [1.82, 2.24) is 10.6 Å². The molecule has 0 aliphatic rings. The molecule has 0 saturated carbocycles. The number of nitrogens with one attached hydrogen (secondary N) is 2. The Morgan fingerprint density at radius 1 is 0.870 bits per heavy atom. The van der Waals surface area contributed by atoms with Gasteiger partial charge >= 0.3 is 6.03 Å². The summed E-state index contributed by atoms with van der Waals surface area (Å²) in [6, 6.07) is 23.0. The van der Waals surface area contributed by atoms with Gasteiger partial charge in [0, 0.05) is 0 Å². The summed E-state index contributed by atoms with van der Waals surface area (Å²) in [4.78, 5) is 12.2. The van der Waals surface area contributed by atoms with Gasteiger partial charge in [-0.15, -0.1) is 0 Å². The summed E-state index contributed by atoms with van der Waals surface area (Å²) in [6.07, 6.45) is 1.59. The summed E-state index contributed by atoms with van der Waals surface area (Å²) in [5.74, 6) is 0.719. The van der Waals surface area contributed by atoms with E-state index in [-0.39, 0.29) is 12.1 Å². The second-order valence-electron chi connectivity index (χ2n) is 5.16. The summed E-state index contributed by atoms with van der Waals surface area (Å²) in [5, 5.41) is 5.83. The molecular formula is C19H18N2O2. The van der Waals surface area contributed by atoms with E-state index in [1.165, 1.54) is 0 Å². The van der Waals surface area contributed by atoms with Gasteiger partial charge in [-0.25, -0.2) is 4.79 Å². The first-order chi connectivity index (χ1) is 11.3. The van der Waals surface area contributed by atoms with Crippen LogP contribution < -0.4 is 10.6 Å². The number of benzene rings is 2. The highest BCUT2D eigenvalue weighted by atomic mass is 16.3. The third-order valence-electron chi connectivity index (χ3n) is 3.54. The van der Waals surface area contributed by atoms with Crippen molar-refractivity contribution < 1.29 is 9.21 Å². The van der Waals surface area contributed by atoms with Gasteiger partial charge in [-0.2, -0.15) is 0 Å². The minimum Gasteiger partial charge on any atom is -0.467 e. The van der Waals surface area contributed by atoms with Gasteiger partial charge in [-0.1, -0.05) is 60.7 Å². The van der Waals surface area contributed by atoms with Crippen LogP contribution in [0.15, 0.2) is 83.5 Å². The highest BCUT2D eigenvalue weighted by Gasteiger charge is 2.16. The fraction of sp³-hybridized carbons (Fsp3) is 0.105. The number of amides is 2. The van der Waals surface area contributed by atoms with E-state index in [9.17, 15) is 4.79 Å². The molecule has 2 aromatic carbocycles. The van der Waals surface area contributed by atoms with Gasteiger partial charge in [0.1, 0.15) is 5.76 Å².